The van der Waals surface area contributed by atoms with E-state index in [9.17, 15) is 4.79 Å². The first-order valence-electron chi connectivity index (χ1n) is 5.09. The number of isocyanates is 1. The highest BCUT2D eigenvalue weighted by atomic mass is 16.1. The van der Waals surface area contributed by atoms with Crippen molar-refractivity contribution in [2.75, 3.05) is 13.1 Å². The zero-order valence-corrected chi connectivity index (χ0v) is 8.41. The van der Waals surface area contributed by atoms with Crippen LogP contribution in [0.3, 0.4) is 0 Å². The zero-order chi connectivity index (χ0) is 10.2. The summed E-state index contributed by atoms with van der Waals surface area (Å²) in [4.78, 5) is 17.7. The van der Waals surface area contributed by atoms with Crippen molar-refractivity contribution >= 4 is 11.9 Å². The van der Waals surface area contributed by atoms with E-state index in [1.165, 1.54) is 19.3 Å². The van der Waals surface area contributed by atoms with Crippen molar-refractivity contribution in [1.82, 2.24) is 0 Å². The predicted octanol–water partition coefficient (Wildman–Crippen LogP) is 1.98. The van der Waals surface area contributed by atoms with E-state index in [0.717, 1.165) is 13.0 Å². The Kier molecular flexibility index (Phi) is 4.92. The van der Waals surface area contributed by atoms with Crippen LogP contribution < -0.4 is 0 Å². The summed E-state index contributed by atoms with van der Waals surface area (Å²) in [6.07, 6.45) is 6.35. The van der Waals surface area contributed by atoms with Crippen molar-refractivity contribution in [2.24, 2.45) is 21.8 Å². The van der Waals surface area contributed by atoms with Gasteiger partial charge < -0.3 is 0 Å². The van der Waals surface area contributed by atoms with Crippen LogP contribution >= 0.6 is 0 Å². The maximum Gasteiger partial charge on any atom is 0.234 e. The number of hydrogen-bond acceptors (Lipinski definition) is 3. The third kappa shape index (κ3) is 3.69. The van der Waals surface area contributed by atoms with Gasteiger partial charge in [0, 0.05) is 0 Å². The normalized spacial score (nSPS) is 26.0. The first-order chi connectivity index (χ1) is 6.86. The summed E-state index contributed by atoms with van der Waals surface area (Å²) in [5.74, 6) is 3.74. The Balaban J connectivity index is 2.34. The molecule has 0 aromatic heterocycles. The van der Waals surface area contributed by atoms with E-state index >= 15 is 0 Å². The van der Waals surface area contributed by atoms with Crippen LogP contribution in [0.5, 0.6) is 0 Å². The lowest BCUT2D eigenvalue weighted by molar-refractivity contribution is 0.278. The number of rotatable bonds is 4. The van der Waals surface area contributed by atoms with Crippen LogP contribution in [-0.2, 0) is 4.79 Å². The van der Waals surface area contributed by atoms with Crippen LogP contribution in [0.1, 0.15) is 25.7 Å². The minimum absolute atomic E-state index is 0.551. The lowest BCUT2D eigenvalue weighted by Gasteiger charge is -2.26. The Morgan fingerprint density at radius 3 is 2.43 bits per heavy atom. The van der Waals surface area contributed by atoms with E-state index in [1.807, 2.05) is 0 Å². The van der Waals surface area contributed by atoms with Crippen LogP contribution in [0.2, 0.25) is 0 Å². The first kappa shape index (κ1) is 10.9. The predicted molar refractivity (Wildman–Crippen MR) is 56.4 cm³/mol. The molecule has 0 saturated heterocycles. The average molecular weight is 192 g/mol. The van der Waals surface area contributed by atoms with Crippen LogP contribution in [-0.4, -0.2) is 25.0 Å². The summed E-state index contributed by atoms with van der Waals surface area (Å²) in [5, 5.41) is 0. The second kappa shape index (κ2) is 6.31. The van der Waals surface area contributed by atoms with Gasteiger partial charge in [0.05, 0.1) is 13.1 Å². The van der Waals surface area contributed by atoms with Crippen LogP contribution in [0.15, 0.2) is 16.6 Å². The number of aliphatic imine (C=N–C) groups is 2. The molecule has 0 spiro atoms. The Morgan fingerprint density at radius 2 is 1.86 bits per heavy atom. The van der Waals surface area contributed by atoms with Gasteiger partial charge in [-0.25, -0.2) is 14.8 Å². The summed E-state index contributed by atoms with van der Waals surface area (Å²) in [6.45, 7) is 4.91. The van der Waals surface area contributed by atoms with Crippen LogP contribution in [0.25, 0.3) is 0 Å². The zero-order valence-electron chi connectivity index (χ0n) is 8.41. The molecule has 1 fully saturated rings. The number of carbonyl (C=O) groups excluding carboxylic acids is 1. The summed E-state index contributed by atoms with van der Waals surface area (Å²) in [5.41, 5.74) is 0. The maximum atomic E-state index is 9.97. The fraction of sp³-hybridized carbons (Fsp3) is 0.727. The second-order valence-corrected chi connectivity index (χ2v) is 3.83. The molecule has 0 aromatic rings. The topological polar surface area (TPSA) is 41.8 Å². The fourth-order valence-corrected chi connectivity index (χ4v) is 2.09. The van der Waals surface area contributed by atoms with E-state index in [2.05, 4.69) is 22.4 Å². The van der Waals surface area contributed by atoms with Crippen molar-refractivity contribution in [3.05, 3.63) is 6.58 Å². The first-order valence-corrected chi connectivity index (χ1v) is 5.09. The molecule has 76 valence electrons. The highest BCUT2D eigenvalue weighted by molar-refractivity contribution is 5.46. The van der Waals surface area contributed by atoms with Gasteiger partial charge >= 0.3 is 0 Å². The van der Waals surface area contributed by atoms with E-state index < -0.39 is 0 Å². The average Bonchev–Trinajstić information content (AvgIpc) is 2.24. The van der Waals surface area contributed by atoms with E-state index in [1.54, 1.807) is 6.08 Å². The van der Waals surface area contributed by atoms with Gasteiger partial charge in [-0.1, -0.05) is 6.42 Å². The molecule has 0 amide bonds. The third-order valence-electron chi connectivity index (χ3n) is 2.77. The second-order valence-electron chi connectivity index (χ2n) is 3.83. The van der Waals surface area contributed by atoms with Crippen LogP contribution in [0.4, 0.5) is 0 Å². The quantitative estimate of drug-likeness (QED) is 0.496. The van der Waals surface area contributed by atoms with Crippen molar-refractivity contribution in [1.29, 1.82) is 0 Å². The maximum absolute atomic E-state index is 9.97. The molecular formula is C11H16N2O. The largest absolute Gasteiger partial charge is 0.243 e. The van der Waals surface area contributed by atoms with Gasteiger partial charge in [-0.15, -0.1) is 0 Å². The molecule has 3 heteroatoms. The van der Waals surface area contributed by atoms with Crippen LogP contribution in [0, 0.1) is 11.8 Å². The molecule has 2 atom stereocenters. The van der Waals surface area contributed by atoms with Gasteiger partial charge in [0.2, 0.25) is 6.08 Å². The summed E-state index contributed by atoms with van der Waals surface area (Å²) in [7, 11) is 0. The van der Waals surface area contributed by atoms with E-state index in [0.29, 0.717) is 18.4 Å². The molecule has 1 saturated carbocycles. The van der Waals surface area contributed by atoms with Gasteiger partial charge in [-0.05, 0) is 43.5 Å². The SMILES string of the molecule is C=C=NCC1CCCC(CN=C=O)C1. The lowest BCUT2D eigenvalue weighted by atomic mass is 9.81. The van der Waals surface area contributed by atoms with Gasteiger partial charge in [-0.3, -0.25) is 0 Å². The smallest absolute Gasteiger partial charge is 0.234 e. The molecule has 1 rings (SSSR count). The Hall–Kier alpha value is -1.17. The minimum atomic E-state index is 0.551. The molecule has 3 nitrogen and oxygen atoms in total. The minimum Gasteiger partial charge on any atom is -0.243 e. The summed E-state index contributed by atoms with van der Waals surface area (Å²) < 4.78 is 0. The third-order valence-corrected chi connectivity index (χ3v) is 2.77. The van der Waals surface area contributed by atoms with Crippen molar-refractivity contribution < 1.29 is 4.79 Å². The van der Waals surface area contributed by atoms with Crippen molar-refractivity contribution in [2.45, 2.75) is 25.7 Å². The fourth-order valence-electron chi connectivity index (χ4n) is 2.09. The van der Waals surface area contributed by atoms with Gasteiger partial charge in [-0.2, -0.15) is 0 Å². The molecule has 0 bridgehead atoms. The number of nitrogens with zero attached hydrogens (tertiary/aromatic N) is 2. The monoisotopic (exact) mass is 192 g/mol. The van der Waals surface area contributed by atoms with Gasteiger partial charge in [0.15, 0.2) is 0 Å². The molecule has 0 aliphatic heterocycles. The van der Waals surface area contributed by atoms with Crippen molar-refractivity contribution in [3.8, 4) is 0 Å². The molecule has 14 heavy (non-hydrogen) atoms. The number of hydrogen-bond donors (Lipinski definition) is 0. The Morgan fingerprint density at radius 1 is 1.21 bits per heavy atom. The molecule has 1 aliphatic rings. The molecular weight excluding hydrogens is 176 g/mol. The van der Waals surface area contributed by atoms with E-state index in [-0.39, 0.29) is 0 Å². The van der Waals surface area contributed by atoms with Gasteiger partial charge in [0.1, 0.15) is 0 Å². The molecule has 0 radical (unpaired) electrons. The van der Waals surface area contributed by atoms with E-state index in [4.69, 9.17) is 0 Å². The molecule has 0 aromatic carbocycles. The standard InChI is InChI=1S/C11H16N2O/c1-2-12-7-10-4-3-5-11(6-10)8-13-9-14/h10-11H,1,3-8H2. The van der Waals surface area contributed by atoms with Gasteiger partial charge in [0.25, 0.3) is 0 Å². The Labute approximate surface area is 84.6 Å². The summed E-state index contributed by atoms with van der Waals surface area (Å²) >= 11 is 0. The molecule has 0 heterocycles. The summed E-state index contributed by atoms with van der Waals surface area (Å²) in [6, 6.07) is 0. The molecule has 1 aliphatic carbocycles. The molecule has 0 N–H and O–H groups in total. The highest BCUT2D eigenvalue weighted by Gasteiger charge is 2.21. The van der Waals surface area contributed by atoms with Crippen molar-refractivity contribution in [3.63, 3.8) is 0 Å². The Bertz CT molecular complexity index is 236. The lowest BCUT2D eigenvalue weighted by Crippen LogP contribution is -2.19. The highest BCUT2D eigenvalue weighted by Crippen LogP contribution is 2.29. The molecule has 2 unspecified atom stereocenters.